The summed E-state index contributed by atoms with van der Waals surface area (Å²) in [5.74, 6) is 0.130. The molecule has 0 spiro atoms. The van der Waals surface area contributed by atoms with Crippen molar-refractivity contribution in [2.24, 2.45) is 0 Å². The van der Waals surface area contributed by atoms with Crippen molar-refractivity contribution in [3.05, 3.63) is 88.9 Å². The molecule has 0 saturated carbocycles. The Morgan fingerprint density at radius 1 is 0.786 bits per heavy atom. The first kappa shape index (κ1) is 19.5. The van der Waals surface area contributed by atoms with E-state index in [2.05, 4.69) is 10.6 Å². The van der Waals surface area contributed by atoms with Crippen LogP contribution in [0.3, 0.4) is 0 Å². The quantitative estimate of drug-likeness (QED) is 0.600. The van der Waals surface area contributed by atoms with E-state index in [9.17, 15) is 9.59 Å². The highest BCUT2D eigenvalue weighted by atomic mass is 35.5. The van der Waals surface area contributed by atoms with Gasteiger partial charge in [0.05, 0.1) is 18.0 Å². The molecule has 28 heavy (non-hydrogen) atoms. The number of hydrogen-bond donors (Lipinski definition) is 2. The first-order valence-corrected chi connectivity index (χ1v) is 9.15. The summed E-state index contributed by atoms with van der Waals surface area (Å²) in [6, 6.07) is 20.5. The number of hydrogen-bond acceptors (Lipinski definition) is 3. The molecule has 0 unspecified atom stereocenters. The van der Waals surface area contributed by atoms with Gasteiger partial charge in [-0.15, -0.1) is 0 Å². The van der Waals surface area contributed by atoms with E-state index >= 15 is 0 Å². The van der Waals surface area contributed by atoms with Crippen molar-refractivity contribution < 1.29 is 14.3 Å². The normalized spacial score (nSPS) is 10.2. The molecule has 0 aliphatic rings. The van der Waals surface area contributed by atoms with Gasteiger partial charge in [0.2, 0.25) is 0 Å². The Balaban J connectivity index is 1.73. The molecule has 0 heterocycles. The molecular formula is C22H19ClN2O3. The van der Waals surface area contributed by atoms with Crippen LogP contribution >= 0.6 is 11.6 Å². The second-order valence-corrected chi connectivity index (χ2v) is 6.35. The molecule has 0 saturated heterocycles. The summed E-state index contributed by atoms with van der Waals surface area (Å²) in [6.07, 6.45) is 0. The minimum Gasteiger partial charge on any atom is -0.494 e. The van der Waals surface area contributed by atoms with Gasteiger partial charge in [-0.25, -0.2) is 0 Å². The largest absolute Gasteiger partial charge is 0.494 e. The molecule has 142 valence electrons. The van der Waals surface area contributed by atoms with Gasteiger partial charge in [-0.05, 0) is 67.6 Å². The van der Waals surface area contributed by atoms with Crippen LogP contribution in [-0.2, 0) is 0 Å². The highest BCUT2D eigenvalue weighted by Gasteiger charge is 2.12. The summed E-state index contributed by atoms with van der Waals surface area (Å²) in [4.78, 5) is 25.0. The van der Waals surface area contributed by atoms with Gasteiger partial charge in [-0.3, -0.25) is 9.59 Å². The minimum absolute atomic E-state index is 0.281. The van der Waals surface area contributed by atoms with Gasteiger partial charge in [0.25, 0.3) is 11.8 Å². The maximum absolute atomic E-state index is 12.5. The highest BCUT2D eigenvalue weighted by molar-refractivity contribution is 6.30. The average molecular weight is 395 g/mol. The topological polar surface area (TPSA) is 67.4 Å². The Kier molecular flexibility index (Phi) is 6.29. The van der Waals surface area contributed by atoms with E-state index in [1.165, 1.54) is 0 Å². The van der Waals surface area contributed by atoms with Gasteiger partial charge in [-0.1, -0.05) is 23.7 Å². The van der Waals surface area contributed by atoms with E-state index in [-0.39, 0.29) is 11.8 Å². The molecule has 2 amide bonds. The van der Waals surface area contributed by atoms with Crippen molar-refractivity contribution in [2.75, 3.05) is 17.2 Å². The molecule has 3 rings (SSSR count). The summed E-state index contributed by atoms with van der Waals surface area (Å²) in [5.41, 5.74) is 1.96. The fourth-order valence-corrected chi connectivity index (χ4v) is 2.69. The van der Waals surface area contributed by atoms with Crippen LogP contribution < -0.4 is 15.4 Å². The number of anilines is 2. The highest BCUT2D eigenvalue weighted by Crippen LogP contribution is 2.23. The molecule has 0 aliphatic carbocycles. The van der Waals surface area contributed by atoms with Crippen LogP contribution in [0.25, 0.3) is 0 Å². The molecule has 0 atom stereocenters. The number of halogens is 1. The molecule has 0 bridgehead atoms. The number of carbonyl (C=O) groups excluding carboxylic acids is 2. The summed E-state index contributed by atoms with van der Waals surface area (Å²) in [5, 5.41) is 6.20. The monoisotopic (exact) mass is 394 g/mol. The fourth-order valence-electron chi connectivity index (χ4n) is 2.56. The van der Waals surface area contributed by atoms with E-state index in [4.69, 9.17) is 16.3 Å². The third-order valence-electron chi connectivity index (χ3n) is 3.96. The van der Waals surface area contributed by atoms with Gasteiger partial charge in [0.1, 0.15) is 5.75 Å². The van der Waals surface area contributed by atoms with E-state index in [0.717, 1.165) is 0 Å². The number of carbonyl (C=O) groups is 2. The van der Waals surface area contributed by atoms with Crippen LogP contribution in [0.2, 0.25) is 5.02 Å². The van der Waals surface area contributed by atoms with Gasteiger partial charge < -0.3 is 15.4 Å². The van der Waals surface area contributed by atoms with E-state index in [0.29, 0.717) is 39.9 Å². The lowest BCUT2D eigenvalue weighted by Crippen LogP contribution is -2.16. The zero-order valence-electron chi connectivity index (χ0n) is 15.2. The summed E-state index contributed by atoms with van der Waals surface area (Å²) in [7, 11) is 0. The second-order valence-electron chi connectivity index (χ2n) is 5.92. The van der Waals surface area contributed by atoms with E-state index in [1.807, 2.05) is 6.92 Å². The number of rotatable bonds is 6. The van der Waals surface area contributed by atoms with Crippen LogP contribution in [0.1, 0.15) is 27.6 Å². The van der Waals surface area contributed by atoms with Crippen molar-refractivity contribution in [1.82, 2.24) is 0 Å². The van der Waals surface area contributed by atoms with Crippen LogP contribution in [0.15, 0.2) is 72.8 Å². The number of amides is 2. The Hall–Kier alpha value is -3.31. The zero-order chi connectivity index (χ0) is 19.9. The maximum atomic E-state index is 12.5. The third-order valence-corrected chi connectivity index (χ3v) is 4.21. The van der Waals surface area contributed by atoms with E-state index in [1.54, 1.807) is 72.8 Å². The second kappa shape index (κ2) is 9.06. The standard InChI is InChI=1S/C22H19ClN2O3/c1-2-28-18-13-9-16(10-14-18)22(27)25-20-6-4-3-5-19(20)24-21(26)15-7-11-17(23)12-8-15/h3-14H,2H2,1H3,(H,24,26)(H,25,27). The van der Waals surface area contributed by atoms with Crippen molar-refractivity contribution in [3.63, 3.8) is 0 Å². The van der Waals surface area contributed by atoms with Crippen LogP contribution in [0.5, 0.6) is 5.75 Å². The van der Waals surface area contributed by atoms with Crippen LogP contribution in [0, 0.1) is 0 Å². The van der Waals surface area contributed by atoms with Crippen molar-refractivity contribution in [3.8, 4) is 5.75 Å². The minimum atomic E-state index is -0.292. The number of benzene rings is 3. The molecule has 0 fully saturated rings. The predicted octanol–water partition coefficient (Wildman–Crippen LogP) is 5.24. The number of nitrogens with one attached hydrogen (secondary N) is 2. The van der Waals surface area contributed by atoms with Gasteiger partial charge in [0, 0.05) is 16.1 Å². The molecule has 3 aromatic carbocycles. The predicted molar refractivity (Wildman–Crippen MR) is 111 cm³/mol. The van der Waals surface area contributed by atoms with Gasteiger partial charge in [-0.2, -0.15) is 0 Å². The van der Waals surface area contributed by atoms with Crippen LogP contribution in [0.4, 0.5) is 11.4 Å². The van der Waals surface area contributed by atoms with E-state index < -0.39 is 0 Å². The molecule has 0 aliphatic heterocycles. The SMILES string of the molecule is CCOc1ccc(C(=O)Nc2ccccc2NC(=O)c2ccc(Cl)cc2)cc1. The lowest BCUT2D eigenvalue weighted by atomic mass is 10.1. The average Bonchev–Trinajstić information content (AvgIpc) is 2.70. The van der Waals surface area contributed by atoms with Crippen molar-refractivity contribution in [1.29, 1.82) is 0 Å². The molecule has 0 radical (unpaired) electrons. The molecule has 0 aromatic heterocycles. The fraction of sp³-hybridized carbons (Fsp3) is 0.0909. The Bertz CT molecular complexity index is 970. The van der Waals surface area contributed by atoms with Crippen LogP contribution in [-0.4, -0.2) is 18.4 Å². The van der Waals surface area contributed by atoms with Gasteiger partial charge in [0.15, 0.2) is 0 Å². The zero-order valence-corrected chi connectivity index (χ0v) is 16.0. The Morgan fingerprint density at radius 3 is 1.71 bits per heavy atom. The smallest absolute Gasteiger partial charge is 0.255 e. The third kappa shape index (κ3) is 4.90. The van der Waals surface area contributed by atoms with Crippen molar-refractivity contribution in [2.45, 2.75) is 6.92 Å². The maximum Gasteiger partial charge on any atom is 0.255 e. The molecular weight excluding hydrogens is 376 g/mol. The molecule has 2 N–H and O–H groups in total. The lowest BCUT2D eigenvalue weighted by molar-refractivity contribution is 0.101. The number of ether oxygens (including phenoxy) is 1. The summed E-state index contributed by atoms with van der Waals surface area (Å²) in [6.45, 7) is 2.46. The Morgan fingerprint density at radius 2 is 1.25 bits per heavy atom. The summed E-state index contributed by atoms with van der Waals surface area (Å²) >= 11 is 5.86. The lowest BCUT2D eigenvalue weighted by Gasteiger charge is -2.13. The van der Waals surface area contributed by atoms with Gasteiger partial charge >= 0.3 is 0 Å². The summed E-state index contributed by atoms with van der Waals surface area (Å²) < 4.78 is 5.38. The number of para-hydroxylation sites is 2. The first-order chi connectivity index (χ1) is 13.6. The molecule has 3 aromatic rings. The first-order valence-electron chi connectivity index (χ1n) is 8.77. The molecule has 6 heteroatoms. The molecule has 5 nitrogen and oxygen atoms in total. The van der Waals surface area contributed by atoms with Crippen molar-refractivity contribution >= 4 is 34.8 Å². The Labute approximate surface area is 168 Å².